The fourth-order valence-electron chi connectivity index (χ4n) is 1.56. The summed E-state index contributed by atoms with van der Waals surface area (Å²) in [4.78, 5) is 10.6. The predicted molar refractivity (Wildman–Crippen MR) is 63.7 cm³/mol. The van der Waals surface area contributed by atoms with Gasteiger partial charge >= 0.3 is 5.97 Å². The molecule has 0 aliphatic rings. The molecule has 2 heteroatoms. The van der Waals surface area contributed by atoms with E-state index in [0.29, 0.717) is 0 Å². The Labute approximate surface area is 93.7 Å². The maximum absolute atomic E-state index is 10.6. The summed E-state index contributed by atoms with van der Waals surface area (Å²) in [6, 6.07) is 0. The van der Waals surface area contributed by atoms with Crippen molar-refractivity contribution in [2.24, 2.45) is 0 Å². The first-order valence-electron chi connectivity index (χ1n) is 5.95. The van der Waals surface area contributed by atoms with Crippen molar-refractivity contribution >= 4 is 5.97 Å². The molecule has 0 aromatic rings. The van der Waals surface area contributed by atoms with Crippen LogP contribution >= 0.6 is 0 Å². The van der Waals surface area contributed by atoms with Crippen LogP contribution in [0.3, 0.4) is 0 Å². The maximum atomic E-state index is 10.6. The van der Waals surface area contributed by atoms with Crippen LogP contribution in [0.5, 0.6) is 0 Å². The van der Waals surface area contributed by atoms with Gasteiger partial charge in [-0.1, -0.05) is 25.0 Å². The number of ether oxygens (including phenoxy) is 1. The number of esters is 1. The van der Waals surface area contributed by atoms with E-state index < -0.39 is 0 Å². The molecule has 0 spiro atoms. The molecule has 0 heterocycles. The third kappa shape index (κ3) is 11.1. The number of hydrogen-bond donors (Lipinski definition) is 0. The van der Waals surface area contributed by atoms with Crippen molar-refractivity contribution < 1.29 is 9.53 Å². The summed E-state index contributed by atoms with van der Waals surface area (Å²) in [5.74, 6) is -0.171. The first-order chi connectivity index (χ1) is 7.16. The van der Waals surface area contributed by atoms with E-state index in [-0.39, 0.29) is 12.1 Å². The minimum Gasteiger partial charge on any atom is -0.463 e. The molecule has 0 rings (SSSR count). The van der Waals surface area contributed by atoms with Crippen LogP contribution in [0.4, 0.5) is 0 Å². The summed E-state index contributed by atoms with van der Waals surface area (Å²) in [5, 5.41) is 0. The first-order valence-corrected chi connectivity index (χ1v) is 5.95. The molecule has 1 unspecified atom stereocenters. The summed E-state index contributed by atoms with van der Waals surface area (Å²) >= 11 is 0. The Kier molecular flexibility index (Phi) is 9.24. The van der Waals surface area contributed by atoms with E-state index in [1.807, 2.05) is 6.92 Å². The van der Waals surface area contributed by atoms with Gasteiger partial charge in [0.1, 0.15) is 0 Å². The normalized spacial score (nSPS) is 13.0. The second kappa shape index (κ2) is 9.75. The minimum atomic E-state index is -0.171. The highest BCUT2D eigenvalue weighted by atomic mass is 16.5. The average Bonchev–Trinajstić information content (AvgIpc) is 2.15. The highest BCUT2D eigenvalue weighted by Crippen LogP contribution is 2.09. The number of rotatable bonds is 8. The van der Waals surface area contributed by atoms with E-state index in [4.69, 9.17) is 4.74 Å². The summed E-state index contributed by atoms with van der Waals surface area (Å²) in [6.45, 7) is 5.48. The zero-order valence-corrected chi connectivity index (χ0v) is 10.3. The van der Waals surface area contributed by atoms with Crippen LogP contribution < -0.4 is 0 Å². The van der Waals surface area contributed by atoms with Gasteiger partial charge in [-0.3, -0.25) is 4.79 Å². The Morgan fingerprint density at radius 1 is 1.27 bits per heavy atom. The second-order valence-electron chi connectivity index (χ2n) is 3.98. The van der Waals surface area contributed by atoms with E-state index in [0.717, 1.165) is 12.8 Å². The van der Waals surface area contributed by atoms with Crippen molar-refractivity contribution in [1.82, 2.24) is 0 Å². The minimum absolute atomic E-state index is 0.0815. The molecule has 1 atom stereocenters. The first kappa shape index (κ1) is 14.2. The molecule has 2 nitrogen and oxygen atoms in total. The van der Waals surface area contributed by atoms with E-state index in [2.05, 4.69) is 19.1 Å². The van der Waals surface area contributed by atoms with E-state index in [9.17, 15) is 4.79 Å². The van der Waals surface area contributed by atoms with Crippen LogP contribution in [0.1, 0.15) is 59.3 Å². The summed E-state index contributed by atoms with van der Waals surface area (Å²) in [7, 11) is 0. The third-order valence-electron chi connectivity index (χ3n) is 2.33. The van der Waals surface area contributed by atoms with Crippen molar-refractivity contribution in [3.63, 3.8) is 0 Å². The number of unbranched alkanes of at least 4 members (excludes halogenated alkanes) is 4. The topological polar surface area (TPSA) is 26.3 Å². The molecular weight excluding hydrogens is 188 g/mol. The summed E-state index contributed by atoms with van der Waals surface area (Å²) in [6.07, 6.45) is 11.5. The molecule has 0 aliphatic carbocycles. The number of carbonyl (C=O) groups is 1. The standard InChI is InChI=1S/C13H24O2/c1-4-5-6-7-8-9-10-11-12(2)15-13(3)14/h4-5,12H,6-11H2,1-3H3. The SMILES string of the molecule is CC=CCCCCCCC(C)OC(C)=O. The van der Waals surface area contributed by atoms with Crippen molar-refractivity contribution in [2.45, 2.75) is 65.4 Å². The van der Waals surface area contributed by atoms with Gasteiger partial charge in [-0.25, -0.2) is 0 Å². The van der Waals surface area contributed by atoms with Gasteiger partial charge in [0.05, 0.1) is 6.10 Å². The molecule has 0 fully saturated rings. The molecule has 0 N–H and O–H groups in total. The third-order valence-corrected chi connectivity index (χ3v) is 2.33. The molecule has 0 saturated carbocycles. The van der Waals surface area contributed by atoms with Gasteiger partial charge in [0.25, 0.3) is 0 Å². The molecule has 0 aromatic carbocycles. The van der Waals surface area contributed by atoms with Gasteiger partial charge in [-0.2, -0.15) is 0 Å². The molecule has 15 heavy (non-hydrogen) atoms. The van der Waals surface area contributed by atoms with Crippen molar-refractivity contribution in [3.05, 3.63) is 12.2 Å². The van der Waals surface area contributed by atoms with E-state index >= 15 is 0 Å². The molecule has 0 aromatic heterocycles. The van der Waals surface area contributed by atoms with Crippen LogP contribution in [0.2, 0.25) is 0 Å². The highest BCUT2D eigenvalue weighted by molar-refractivity contribution is 5.66. The monoisotopic (exact) mass is 212 g/mol. The Balaban J connectivity index is 3.19. The highest BCUT2D eigenvalue weighted by Gasteiger charge is 2.03. The lowest BCUT2D eigenvalue weighted by molar-refractivity contribution is -0.145. The lowest BCUT2D eigenvalue weighted by atomic mass is 10.1. The Bertz CT molecular complexity index is 185. The lowest BCUT2D eigenvalue weighted by Crippen LogP contribution is -2.11. The maximum Gasteiger partial charge on any atom is 0.302 e. The zero-order chi connectivity index (χ0) is 11.5. The van der Waals surface area contributed by atoms with E-state index in [1.54, 1.807) is 0 Å². The van der Waals surface area contributed by atoms with Gasteiger partial charge in [0, 0.05) is 6.92 Å². The largest absolute Gasteiger partial charge is 0.463 e. The molecule has 0 amide bonds. The fourth-order valence-corrected chi connectivity index (χ4v) is 1.56. The van der Waals surface area contributed by atoms with E-state index in [1.165, 1.54) is 32.6 Å². The lowest BCUT2D eigenvalue weighted by Gasteiger charge is -2.10. The zero-order valence-electron chi connectivity index (χ0n) is 10.3. The van der Waals surface area contributed by atoms with Crippen molar-refractivity contribution in [1.29, 1.82) is 0 Å². The van der Waals surface area contributed by atoms with Gasteiger partial charge in [-0.15, -0.1) is 0 Å². The summed E-state index contributed by atoms with van der Waals surface area (Å²) in [5.41, 5.74) is 0. The van der Waals surface area contributed by atoms with Crippen LogP contribution in [0.25, 0.3) is 0 Å². The van der Waals surface area contributed by atoms with Gasteiger partial charge in [0.15, 0.2) is 0 Å². The average molecular weight is 212 g/mol. The molecule has 0 bridgehead atoms. The van der Waals surface area contributed by atoms with Crippen molar-refractivity contribution in [3.8, 4) is 0 Å². The Morgan fingerprint density at radius 3 is 2.53 bits per heavy atom. The second-order valence-corrected chi connectivity index (χ2v) is 3.98. The van der Waals surface area contributed by atoms with Gasteiger partial charge < -0.3 is 4.74 Å². The van der Waals surface area contributed by atoms with Gasteiger partial charge in [0.2, 0.25) is 0 Å². The Morgan fingerprint density at radius 2 is 1.93 bits per heavy atom. The predicted octanol–water partition coefficient (Wildman–Crippen LogP) is 3.85. The Hall–Kier alpha value is -0.790. The van der Waals surface area contributed by atoms with Crippen LogP contribution in [-0.4, -0.2) is 12.1 Å². The molecule has 88 valence electrons. The molecular formula is C13H24O2. The quantitative estimate of drug-likeness (QED) is 0.347. The van der Waals surface area contributed by atoms with Crippen molar-refractivity contribution in [2.75, 3.05) is 0 Å². The molecule has 0 radical (unpaired) electrons. The van der Waals surface area contributed by atoms with Crippen LogP contribution in [-0.2, 0) is 9.53 Å². The molecule has 0 saturated heterocycles. The number of allylic oxidation sites excluding steroid dienone is 2. The fraction of sp³-hybridized carbons (Fsp3) is 0.769. The summed E-state index contributed by atoms with van der Waals surface area (Å²) < 4.78 is 5.05. The van der Waals surface area contributed by atoms with Gasteiger partial charge in [-0.05, 0) is 39.5 Å². The molecule has 0 aliphatic heterocycles. The smallest absolute Gasteiger partial charge is 0.302 e. The van der Waals surface area contributed by atoms with Crippen LogP contribution in [0.15, 0.2) is 12.2 Å². The number of carbonyl (C=O) groups excluding carboxylic acids is 1. The number of hydrogen-bond acceptors (Lipinski definition) is 2. The van der Waals surface area contributed by atoms with Crippen LogP contribution in [0, 0.1) is 0 Å².